The number of nitrogens with two attached hydrogens (primary N) is 1. The number of likely N-dealkylation sites (N-methyl/N-ethyl adjacent to an activating group) is 1. The number of nitriles is 1. The molecule has 0 bridgehead atoms. The van der Waals surface area contributed by atoms with Crippen LogP contribution in [-0.2, 0) is 23.2 Å². The first-order chi connectivity index (χ1) is 18.8. The summed E-state index contributed by atoms with van der Waals surface area (Å²) in [7, 11) is 1.88. The molecule has 3 aromatic rings. The summed E-state index contributed by atoms with van der Waals surface area (Å²) in [5, 5.41) is 12.4. The SMILES string of the molecule is CC[C@@]1(c2cccc(Oc3cc(Cn4c(CCNC(N)=O)cnc4C)ccc3C#N)c2)CCCCN(C)C1=O. The number of carbonyl (C=O) groups excluding carboxylic acids is 2. The lowest BCUT2D eigenvalue weighted by Crippen LogP contribution is -2.43. The number of urea groups is 1. The van der Waals surface area contributed by atoms with Gasteiger partial charge in [0, 0.05) is 45.0 Å². The monoisotopic (exact) mass is 528 g/mol. The summed E-state index contributed by atoms with van der Waals surface area (Å²) in [6.45, 7) is 5.70. The minimum atomic E-state index is -0.580. The molecule has 0 saturated carbocycles. The molecule has 0 radical (unpaired) electrons. The number of likely N-dealkylation sites (tertiary alicyclic amines) is 1. The van der Waals surface area contributed by atoms with Gasteiger partial charge in [-0.25, -0.2) is 9.78 Å². The van der Waals surface area contributed by atoms with Gasteiger partial charge >= 0.3 is 6.03 Å². The van der Waals surface area contributed by atoms with Gasteiger partial charge in [-0.05, 0) is 61.6 Å². The fourth-order valence-electron chi connectivity index (χ4n) is 5.40. The Hall–Kier alpha value is -4.32. The van der Waals surface area contributed by atoms with Crippen LogP contribution in [0.4, 0.5) is 4.79 Å². The molecule has 2 heterocycles. The Bertz CT molecular complexity index is 1390. The highest BCUT2D eigenvalue weighted by atomic mass is 16.5. The van der Waals surface area contributed by atoms with E-state index in [0.717, 1.165) is 48.5 Å². The summed E-state index contributed by atoms with van der Waals surface area (Å²) in [5.74, 6) is 2.03. The predicted octanol–water partition coefficient (Wildman–Crippen LogP) is 4.40. The van der Waals surface area contributed by atoms with Crippen LogP contribution in [0.25, 0.3) is 0 Å². The molecule has 204 valence electrons. The number of hydrogen-bond acceptors (Lipinski definition) is 5. The van der Waals surface area contributed by atoms with Gasteiger partial charge in [-0.1, -0.05) is 31.5 Å². The number of amides is 3. The average molecular weight is 529 g/mol. The number of aromatic nitrogens is 2. The molecule has 2 aromatic carbocycles. The van der Waals surface area contributed by atoms with Crippen LogP contribution in [0.15, 0.2) is 48.7 Å². The number of aryl methyl sites for hydroxylation is 1. The zero-order chi connectivity index (χ0) is 28.0. The van der Waals surface area contributed by atoms with Crippen LogP contribution in [0, 0.1) is 18.3 Å². The highest BCUT2D eigenvalue weighted by molar-refractivity contribution is 5.88. The summed E-state index contributed by atoms with van der Waals surface area (Å²) in [5.41, 5.74) is 7.88. The van der Waals surface area contributed by atoms with Crippen molar-refractivity contribution in [3.05, 3.63) is 76.9 Å². The van der Waals surface area contributed by atoms with Crippen molar-refractivity contribution < 1.29 is 14.3 Å². The number of nitrogens with zero attached hydrogens (tertiary/aromatic N) is 4. The highest BCUT2D eigenvalue weighted by Crippen LogP contribution is 2.39. The minimum absolute atomic E-state index is 0.150. The first-order valence-corrected chi connectivity index (χ1v) is 13.4. The molecule has 1 fully saturated rings. The number of hydrogen-bond donors (Lipinski definition) is 2. The molecular weight excluding hydrogens is 492 g/mol. The Morgan fingerprint density at radius 1 is 1.26 bits per heavy atom. The molecule has 1 saturated heterocycles. The maximum Gasteiger partial charge on any atom is 0.312 e. The van der Waals surface area contributed by atoms with Gasteiger partial charge in [0.05, 0.1) is 11.0 Å². The van der Waals surface area contributed by atoms with Gasteiger partial charge < -0.3 is 25.3 Å². The third-order valence-electron chi connectivity index (χ3n) is 7.65. The van der Waals surface area contributed by atoms with E-state index in [1.807, 2.05) is 55.3 Å². The molecule has 3 N–H and O–H groups in total. The van der Waals surface area contributed by atoms with E-state index in [9.17, 15) is 14.9 Å². The summed E-state index contributed by atoms with van der Waals surface area (Å²) >= 11 is 0. The number of benzene rings is 2. The van der Waals surface area contributed by atoms with Crippen molar-refractivity contribution in [2.45, 2.75) is 57.9 Å². The Morgan fingerprint density at radius 2 is 2.08 bits per heavy atom. The van der Waals surface area contributed by atoms with Crippen LogP contribution < -0.4 is 15.8 Å². The Labute approximate surface area is 229 Å². The van der Waals surface area contributed by atoms with Crippen LogP contribution in [0.1, 0.15) is 60.8 Å². The molecule has 39 heavy (non-hydrogen) atoms. The topological polar surface area (TPSA) is 126 Å². The van der Waals surface area contributed by atoms with E-state index < -0.39 is 11.4 Å². The van der Waals surface area contributed by atoms with E-state index in [0.29, 0.717) is 43.0 Å². The van der Waals surface area contributed by atoms with Gasteiger partial charge in [0.15, 0.2) is 0 Å². The largest absolute Gasteiger partial charge is 0.456 e. The van der Waals surface area contributed by atoms with E-state index in [1.54, 1.807) is 12.3 Å². The number of rotatable bonds is 9. The number of nitrogens with one attached hydrogen (secondary N) is 1. The summed E-state index contributed by atoms with van der Waals surface area (Å²) < 4.78 is 8.36. The van der Waals surface area contributed by atoms with Crippen LogP contribution in [-0.4, -0.2) is 46.5 Å². The van der Waals surface area contributed by atoms with Crippen molar-refractivity contribution in [3.8, 4) is 17.6 Å². The molecule has 1 aliphatic heterocycles. The van der Waals surface area contributed by atoms with Crippen molar-refractivity contribution in [3.63, 3.8) is 0 Å². The molecule has 0 spiro atoms. The maximum atomic E-state index is 13.4. The molecule has 0 aliphatic carbocycles. The van der Waals surface area contributed by atoms with Gasteiger partial charge in [0.25, 0.3) is 0 Å². The van der Waals surface area contributed by atoms with Crippen LogP contribution in [0.2, 0.25) is 0 Å². The number of primary amides is 1. The van der Waals surface area contributed by atoms with Gasteiger partial charge in [-0.15, -0.1) is 0 Å². The van der Waals surface area contributed by atoms with Crippen LogP contribution in [0.3, 0.4) is 0 Å². The van der Waals surface area contributed by atoms with Crippen molar-refractivity contribution in [2.24, 2.45) is 5.73 Å². The van der Waals surface area contributed by atoms with Gasteiger partial charge in [0.2, 0.25) is 5.91 Å². The summed E-state index contributed by atoms with van der Waals surface area (Å²) in [4.78, 5) is 30.7. The molecule has 4 rings (SSSR count). The Balaban J connectivity index is 1.60. The van der Waals surface area contributed by atoms with Crippen LogP contribution >= 0.6 is 0 Å². The summed E-state index contributed by atoms with van der Waals surface area (Å²) in [6, 6.07) is 14.9. The van der Waals surface area contributed by atoms with Crippen molar-refractivity contribution >= 4 is 11.9 Å². The molecule has 9 heteroatoms. The summed E-state index contributed by atoms with van der Waals surface area (Å²) in [6.07, 6.45) is 5.88. The smallest absolute Gasteiger partial charge is 0.312 e. The standard InChI is InChI=1S/C30H36N6O3/c1-4-30(13-5-6-15-35(3)28(30)37)24-8-7-9-26(17-24)39-27-16-22(10-11-23(27)18-31)20-36-21(2)34-19-25(36)12-14-33-29(32)38/h7-11,16-17,19H,4-6,12-15,20H2,1-3H3,(H3,32,33,38)/t30-/m0/s1. The van der Waals surface area contributed by atoms with E-state index in [-0.39, 0.29) is 5.91 Å². The Morgan fingerprint density at radius 3 is 2.82 bits per heavy atom. The zero-order valence-corrected chi connectivity index (χ0v) is 22.9. The molecule has 9 nitrogen and oxygen atoms in total. The molecular formula is C30H36N6O3. The van der Waals surface area contributed by atoms with E-state index in [1.165, 1.54) is 0 Å². The minimum Gasteiger partial charge on any atom is -0.456 e. The lowest BCUT2D eigenvalue weighted by molar-refractivity contribution is -0.135. The van der Waals surface area contributed by atoms with Crippen molar-refractivity contribution in [2.75, 3.05) is 20.1 Å². The lowest BCUT2D eigenvalue weighted by atomic mass is 9.73. The van der Waals surface area contributed by atoms with Crippen LogP contribution in [0.5, 0.6) is 11.5 Å². The molecule has 1 atom stereocenters. The highest BCUT2D eigenvalue weighted by Gasteiger charge is 2.41. The predicted molar refractivity (Wildman–Crippen MR) is 148 cm³/mol. The van der Waals surface area contributed by atoms with Gasteiger partial charge in [-0.3, -0.25) is 4.79 Å². The first kappa shape index (κ1) is 27.7. The third kappa shape index (κ3) is 6.06. The molecule has 3 amide bonds. The average Bonchev–Trinajstić information content (AvgIpc) is 3.19. The van der Waals surface area contributed by atoms with Crippen molar-refractivity contribution in [1.29, 1.82) is 5.26 Å². The molecule has 1 aromatic heterocycles. The second-order valence-corrected chi connectivity index (χ2v) is 10.1. The number of carbonyl (C=O) groups is 2. The third-order valence-corrected chi connectivity index (χ3v) is 7.65. The quantitative estimate of drug-likeness (QED) is 0.426. The first-order valence-electron chi connectivity index (χ1n) is 13.4. The maximum absolute atomic E-state index is 13.4. The lowest BCUT2D eigenvalue weighted by Gasteiger charge is -2.33. The number of ether oxygens (including phenoxy) is 1. The van der Waals surface area contributed by atoms with E-state index >= 15 is 0 Å². The zero-order valence-electron chi connectivity index (χ0n) is 22.9. The second kappa shape index (κ2) is 12.0. The van der Waals surface area contributed by atoms with Crippen molar-refractivity contribution in [1.82, 2.24) is 19.8 Å². The van der Waals surface area contributed by atoms with Gasteiger partial charge in [0.1, 0.15) is 23.4 Å². The second-order valence-electron chi connectivity index (χ2n) is 10.1. The number of imidazole rings is 1. The molecule has 0 unspecified atom stereocenters. The van der Waals surface area contributed by atoms with E-state index in [2.05, 4.69) is 27.9 Å². The van der Waals surface area contributed by atoms with E-state index in [4.69, 9.17) is 10.5 Å². The molecule has 1 aliphatic rings. The fraction of sp³-hybridized carbons (Fsp3) is 0.400. The Kier molecular flexibility index (Phi) is 8.55. The fourth-order valence-corrected chi connectivity index (χ4v) is 5.40. The van der Waals surface area contributed by atoms with Gasteiger partial charge in [-0.2, -0.15) is 5.26 Å². The normalized spacial score (nSPS) is 17.4.